The summed E-state index contributed by atoms with van der Waals surface area (Å²) in [6, 6.07) is 14.7. The Kier molecular flexibility index (Phi) is 4.72. The van der Waals surface area contributed by atoms with Crippen molar-refractivity contribution in [1.29, 1.82) is 0 Å². The fourth-order valence-corrected chi connectivity index (χ4v) is 2.96. The van der Waals surface area contributed by atoms with Crippen LogP contribution in [0, 0.1) is 0 Å². The molecule has 28 heavy (non-hydrogen) atoms. The monoisotopic (exact) mass is 378 g/mol. The van der Waals surface area contributed by atoms with Crippen LogP contribution in [-0.2, 0) is 11.3 Å². The van der Waals surface area contributed by atoms with Gasteiger partial charge in [-0.1, -0.05) is 23.4 Å². The minimum atomic E-state index is -0.423. The number of nitrogens with zero attached hydrogens (tertiary/aromatic N) is 1. The van der Waals surface area contributed by atoms with E-state index >= 15 is 0 Å². The summed E-state index contributed by atoms with van der Waals surface area (Å²) in [5.41, 5.74) is 2.66. The first kappa shape index (κ1) is 17.7. The van der Waals surface area contributed by atoms with Gasteiger partial charge in [0, 0.05) is 28.7 Å². The molecule has 0 bridgehead atoms. The SMILES string of the molecule is COc1ccc(-c2cc(COC(=O)c3c[nH]c4ccccc34)no2)cc1OC. The van der Waals surface area contributed by atoms with Gasteiger partial charge in [0.1, 0.15) is 12.3 Å². The van der Waals surface area contributed by atoms with Gasteiger partial charge < -0.3 is 23.7 Å². The average molecular weight is 378 g/mol. The number of H-pyrrole nitrogens is 1. The normalized spacial score (nSPS) is 10.8. The van der Waals surface area contributed by atoms with Gasteiger partial charge in [0.2, 0.25) is 0 Å². The van der Waals surface area contributed by atoms with Crippen LogP contribution in [0.15, 0.2) is 59.3 Å². The maximum absolute atomic E-state index is 12.4. The lowest BCUT2D eigenvalue weighted by atomic mass is 10.1. The second-order valence-corrected chi connectivity index (χ2v) is 6.08. The van der Waals surface area contributed by atoms with Crippen molar-refractivity contribution in [2.24, 2.45) is 0 Å². The van der Waals surface area contributed by atoms with E-state index in [4.69, 9.17) is 18.7 Å². The highest BCUT2D eigenvalue weighted by atomic mass is 16.5. The van der Waals surface area contributed by atoms with Crippen molar-refractivity contribution in [2.45, 2.75) is 6.61 Å². The van der Waals surface area contributed by atoms with E-state index in [-0.39, 0.29) is 6.61 Å². The van der Waals surface area contributed by atoms with E-state index in [9.17, 15) is 4.79 Å². The second-order valence-electron chi connectivity index (χ2n) is 6.08. The molecule has 0 aliphatic rings. The number of para-hydroxylation sites is 1. The molecular formula is C21H18N2O5. The Balaban J connectivity index is 1.47. The van der Waals surface area contributed by atoms with Crippen LogP contribution in [0.5, 0.6) is 11.5 Å². The first-order valence-corrected chi connectivity index (χ1v) is 8.61. The molecule has 0 fully saturated rings. The molecule has 0 amide bonds. The van der Waals surface area contributed by atoms with Crippen LogP contribution in [-0.4, -0.2) is 30.3 Å². The molecule has 0 spiro atoms. The fourth-order valence-electron chi connectivity index (χ4n) is 2.96. The third kappa shape index (κ3) is 3.29. The number of methoxy groups -OCH3 is 2. The molecule has 7 heteroatoms. The summed E-state index contributed by atoms with van der Waals surface area (Å²) in [5, 5.41) is 4.79. The number of esters is 1. The number of ether oxygens (including phenoxy) is 3. The molecule has 142 valence electrons. The molecule has 0 saturated carbocycles. The zero-order chi connectivity index (χ0) is 19.5. The number of nitrogens with one attached hydrogen (secondary N) is 1. The van der Waals surface area contributed by atoms with E-state index in [1.807, 2.05) is 30.3 Å². The van der Waals surface area contributed by atoms with Gasteiger partial charge in [0.05, 0.1) is 19.8 Å². The van der Waals surface area contributed by atoms with Gasteiger partial charge in [0.15, 0.2) is 17.3 Å². The van der Waals surface area contributed by atoms with Crippen molar-refractivity contribution in [1.82, 2.24) is 10.1 Å². The molecule has 0 atom stereocenters. The van der Waals surface area contributed by atoms with Crippen LogP contribution in [0.1, 0.15) is 16.1 Å². The maximum Gasteiger partial charge on any atom is 0.340 e. The van der Waals surface area contributed by atoms with Gasteiger partial charge in [0.25, 0.3) is 0 Å². The third-order valence-corrected chi connectivity index (χ3v) is 4.39. The van der Waals surface area contributed by atoms with Crippen molar-refractivity contribution in [3.05, 3.63) is 66.0 Å². The Morgan fingerprint density at radius 1 is 1.07 bits per heavy atom. The number of rotatable bonds is 6. The largest absolute Gasteiger partial charge is 0.493 e. The predicted molar refractivity (Wildman–Crippen MR) is 102 cm³/mol. The molecule has 0 aliphatic heterocycles. The zero-order valence-electron chi connectivity index (χ0n) is 15.4. The van der Waals surface area contributed by atoms with Crippen LogP contribution in [0.3, 0.4) is 0 Å². The summed E-state index contributed by atoms with van der Waals surface area (Å²) in [6.45, 7) is 0.00906. The molecule has 1 N–H and O–H groups in total. The summed E-state index contributed by atoms with van der Waals surface area (Å²) in [7, 11) is 3.14. The van der Waals surface area contributed by atoms with Crippen molar-refractivity contribution >= 4 is 16.9 Å². The van der Waals surface area contributed by atoms with E-state index in [1.54, 1.807) is 38.6 Å². The highest BCUT2D eigenvalue weighted by Crippen LogP contribution is 2.32. The lowest BCUT2D eigenvalue weighted by molar-refractivity contribution is 0.0466. The Morgan fingerprint density at radius 3 is 2.71 bits per heavy atom. The minimum absolute atomic E-state index is 0.00906. The lowest BCUT2D eigenvalue weighted by Crippen LogP contribution is -2.04. The topological polar surface area (TPSA) is 86.6 Å². The Bertz CT molecular complexity index is 1130. The van der Waals surface area contributed by atoms with Gasteiger partial charge in [-0.25, -0.2) is 4.79 Å². The fraction of sp³-hybridized carbons (Fsp3) is 0.143. The molecule has 2 aromatic carbocycles. The Labute approximate surface area is 160 Å². The van der Waals surface area contributed by atoms with Gasteiger partial charge in [-0.15, -0.1) is 0 Å². The minimum Gasteiger partial charge on any atom is -0.493 e. The molecule has 2 aromatic heterocycles. The highest BCUT2D eigenvalue weighted by Gasteiger charge is 2.15. The quantitative estimate of drug-likeness (QED) is 0.506. The number of carbonyl (C=O) groups is 1. The molecule has 2 heterocycles. The maximum atomic E-state index is 12.4. The lowest BCUT2D eigenvalue weighted by Gasteiger charge is -2.07. The van der Waals surface area contributed by atoms with Gasteiger partial charge in [-0.3, -0.25) is 0 Å². The molecule has 0 unspecified atom stereocenters. The Morgan fingerprint density at radius 2 is 1.89 bits per heavy atom. The third-order valence-electron chi connectivity index (χ3n) is 4.39. The number of aromatic nitrogens is 2. The first-order chi connectivity index (χ1) is 13.7. The van der Waals surface area contributed by atoms with E-state index < -0.39 is 5.97 Å². The first-order valence-electron chi connectivity index (χ1n) is 8.61. The average Bonchev–Trinajstić information content (AvgIpc) is 3.38. The molecule has 7 nitrogen and oxygen atoms in total. The molecule has 0 radical (unpaired) electrons. The van der Waals surface area contributed by atoms with Crippen LogP contribution in [0.2, 0.25) is 0 Å². The molecule has 0 aliphatic carbocycles. The predicted octanol–water partition coefficient (Wildman–Crippen LogP) is 4.20. The molecular weight excluding hydrogens is 360 g/mol. The summed E-state index contributed by atoms with van der Waals surface area (Å²) in [5.74, 6) is 1.33. The van der Waals surface area contributed by atoms with Gasteiger partial charge >= 0.3 is 5.97 Å². The summed E-state index contributed by atoms with van der Waals surface area (Å²) < 4.78 is 21.3. The van der Waals surface area contributed by atoms with E-state index in [0.717, 1.165) is 16.5 Å². The Hall–Kier alpha value is -3.74. The number of hydrogen-bond donors (Lipinski definition) is 1. The second kappa shape index (κ2) is 7.48. The number of fused-ring (bicyclic) bond motifs is 1. The van der Waals surface area contributed by atoms with Crippen LogP contribution in [0.4, 0.5) is 0 Å². The molecule has 0 saturated heterocycles. The number of aromatic amines is 1. The zero-order valence-corrected chi connectivity index (χ0v) is 15.4. The summed E-state index contributed by atoms with van der Waals surface area (Å²) >= 11 is 0. The smallest absolute Gasteiger partial charge is 0.340 e. The van der Waals surface area contributed by atoms with Gasteiger partial charge in [-0.2, -0.15) is 0 Å². The van der Waals surface area contributed by atoms with Crippen LogP contribution >= 0.6 is 0 Å². The van der Waals surface area contributed by atoms with Crippen molar-refractivity contribution in [3.63, 3.8) is 0 Å². The molecule has 4 aromatic rings. The van der Waals surface area contributed by atoms with E-state index in [1.165, 1.54) is 0 Å². The highest BCUT2D eigenvalue weighted by molar-refractivity contribution is 6.03. The number of benzene rings is 2. The number of hydrogen-bond acceptors (Lipinski definition) is 6. The summed E-state index contributed by atoms with van der Waals surface area (Å²) in [6.07, 6.45) is 1.64. The summed E-state index contributed by atoms with van der Waals surface area (Å²) in [4.78, 5) is 15.4. The van der Waals surface area contributed by atoms with Crippen molar-refractivity contribution in [2.75, 3.05) is 14.2 Å². The van der Waals surface area contributed by atoms with Gasteiger partial charge in [-0.05, 0) is 24.3 Å². The molecule has 4 rings (SSSR count). The van der Waals surface area contributed by atoms with Crippen LogP contribution < -0.4 is 9.47 Å². The number of carbonyl (C=O) groups excluding carboxylic acids is 1. The van der Waals surface area contributed by atoms with E-state index in [2.05, 4.69) is 10.1 Å². The van der Waals surface area contributed by atoms with Crippen LogP contribution in [0.25, 0.3) is 22.2 Å². The van der Waals surface area contributed by atoms with Crippen molar-refractivity contribution < 1.29 is 23.5 Å². The standard InChI is InChI=1S/C21H18N2O5/c1-25-18-8-7-13(9-20(18)26-2)19-10-14(23-28-19)12-27-21(24)16-11-22-17-6-4-3-5-15(16)17/h3-11,22H,12H2,1-2H3. The van der Waals surface area contributed by atoms with Crippen molar-refractivity contribution in [3.8, 4) is 22.8 Å². The van der Waals surface area contributed by atoms with E-state index in [0.29, 0.717) is 28.5 Å².